The van der Waals surface area contributed by atoms with Crippen molar-refractivity contribution in [2.45, 2.75) is 26.8 Å². The van der Waals surface area contributed by atoms with Crippen LogP contribution < -0.4 is 5.32 Å². The summed E-state index contributed by atoms with van der Waals surface area (Å²) in [6.07, 6.45) is 0.222. The lowest BCUT2D eigenvalue weighted by atomic mass is 10.1. The molecule has 7 nitrogen and oxygen atoms in total. The molecule has 0 saturated carbocycles. The van der Waals surface area contributed by atoms with Crippen LogP contribution in [0, 0.1) is 13.8 Å². The molecule has 0 fully saturated rings. The zero-order valence-electron chi connectivity index (χ0n) is 16.6. The minimum Gasteiger partial charge on any atom is -0.347 e. The molecule has 2 aromatic heterocycles. The number of hydrogen-bond acceptors (Lipinski definition) is 5. The highest BCUT2D eigenvalue weighted by atomic mass is 35.5. The zero-order chi connectivity index (χ0) is 21.1. The summed E-state index contributed by atoms with van der Waals surface area (Å²) >= 11 is 6.00. The van der Waals surface area contributed by atoms with Gasteiger partial charge in [0, 0.05) is 21.8 Å². The first-order chi connectivity index (χ1) is 14.5. The van der Waals surface area contributed by atoms with E-state index >= 15 is 0 Å². The van der Waals surface area contributed by atoms with Gasteiger partial charge in [-0.15, -0.1) is 0 Å². The Labute approximate surface area is 178 Å². The summed E-state index contributed by atoms with van der Waals surface area (Å²) in [7, 11) is 0. The van der Waals surface area contributed by atoms with Gasteiger partial charge in [0.25, 0.3) is 0 Å². The van der Waals surface area contributed by atoms with Gasteiger partial charge in [0.15, 0.2) is 0 Å². The second kappa shape index (κ2) is 8.51. The average molecular weight is 422 g/mol. The molecule has 0 spiro atoms. The Hall–Kier alpha value is -3.45. The lowest BCUT2D eigenvalue weighted by Crippen LogP contribution is -2.25. The van der Waals surface area contributed by atoms with Crippen molar-refractivity contribution >= 4 is 17.5 Å². The van der Waals surface area contributed by atoms with Gasteiger partial charge in [-0.3, -0.25) is 4.79 Å². The van der Waals surface area contributed by atoms with Crippen LogP contribution in [0.5, 0.6) is 0 Å². The van der Waals surface area contributed by atoms with Crippen molar-refractivity contribution in [3.05, 3.63) is 82.5 Å². The summed E-state index contributed by atoms with van der Waals surface area (Å²) in [6, 6.07) is 17.0. The average Bonchev–Trinajstić information content (AvgIpc) is 3.33. The monoisotopic (exact) mass is 421 g/mol. The summed E-state index contributed by atoms with van der Waals surface area (Å²) in [6.45, 7) is 4.02. The molecule has 0 unspecified atom stereocenters. The van der Waals surface area contributed by atoms with E-state index in [9.17, 15) is 4.79 Å². The maximum atomic E-state index is 12.5. The number of halogens is 1. The number of carbonyl (C=O) groups excluding carboxylic acids is 1. The van der Waals surface area contributed by atoms with Crippen LogP contribution in [0.4, 0.5) is 0 Å². The third-order valence-electron chi connectivity index (χ3n) is 4.77. The number of para-hydroxylation sites is 1. The molecule has 0 aliphatic heterocycles. The maximum absolute atomic E-state index is 12.5. The second-order valence-electron chi connectivity index (χ2n) is 6.87. The van der Waals surface area contributed by atoms with Gasteiger partial charge in [-0.1, -0.05) is 47.1 Å². The first-order valence-electron chi connectivity index (χ1n) is 9.47. The van der Waals surface area contributed by atoms with Gasteiger partial charge >= 0.3 is 0 Å². The fraction of sp³-hybridized carbons (Fsp3) is 0.182. The molecule has 1 N–H and O–H groups in total. The molecule has 0 bridgehead atoms. The molecule has 0 aliphatic carbocycles. The molecule has 2 aromatic carbocycles. The number of nitrogens with one attached hydrogen (secondary N) is 1. The van der Waals surface area contributed by atoms with E-state index in [1.165, 1.54) is 0 Å². The molecule has 30 heavy (non-hydrogen) atoms. The van der Waals surface area contributed by atoms with Crippen molar-refractivity contribution in [2.75, 3.05) is 0 Å². The van der Waals surface area contributed by atoms with Crippen molar-refractivity contribution in [2.24, 2.45) is 0 Å². The van der Waals surface area contributed by atoms with E-state index in [4.69, 9.17) is 16.1 Å². The topological polar surface area (TPSA) is 85.8 Å². The Bertz CT molecular complexity index is 1180. The summed E-state index contributed by atoms with van der Waals surface area (Å²) < 4.78 is 7.09. The van der Waals surface area contributed by atoms with E-state index in [0.717, 1.165) is 28.2 Å². The first kappa shape index (κ1) is 19.8. The fourth-order valence-electron chi connectivity index (χ4n) is 3.22. The number of rotatable bonds is 6. The molecular formula is C22H20ClN5O2. The van der Waals surface area contributed by atoms with Crippen LogP contribution in [0.2, 0.25) is 5.02 Å². The van der Waals surface area contributed by atoms with Crippen molar-refractivity contribution in [3.8, 4) is 17.1 Å². The molecule has 4 aromatic rings. The van der Waals surface area contributed by atoms with Crippen LogP contribution in [0.15, 0.2) is 59.1 Å². The SMILES string of the molecule is Cc1nn(-c2ccccc2)c(C)c1CC(=O)NCc1nc(-c2cccc(Cl)c2)no1. The number of carbonyl (C=O) groups is 1. The number of aromatic nitrogens is 4. The maximum Gasteiger partial charge on any atom is 0.246 e. The van der Waals surface area contributed by atoms with Crippen molar-refractivity contribution in [1.29, 1.82) is 0 Å². The summed E-state index contributed by atoms with van der Waals surface area (Å²) in [4.78, 5) is 16.8. The Morgan fingerprint density at radius 3 is 2.70 bits per heavy atom. The van der Waals surface area contributed by atoms with E-state index in [2.05, 4.69) is 20.6 Å². The number of amides is 1. The number of aryl methyl sites for hydroxylation is 1. The molecule has 0 radical (unpaired) electrons. The Morgan fingerprint density at radius 2 is 1.93 bits per heavy atom. The highest BCUT2D eigenvalue weighted by Gasteiger charge is 2.17. The van der Waals surface area contributed by atoms with Crippen molar-refractivity contribution in [3.63, 3.8) is 0 Å². The van der Waals surface area contributed by atoms with Gasteiger partial charge < -0.3 is 9.84 Å². The van der Waals surface area contributed by atoms with Gasteiger partial charge in [-0.25, -0.2) is 4.68 Å². The van der Waals surface area contributed by atoms with Gasteiger partial charge in [0.2, 0.25) is 17.6 Å². The molecule has 2 heterocycles. The summed E-state index contributed by atoms with van der Waals surface area (Å²) in [5, 5.41) is 11.9. The number of hydrogen-bond donors (Lipinski definition) is 1. The quantitative estimate of drug-likeness (QED) is 0.507. The third kappa shape index (κ3) is 4.26. The lowest BCUT2D eigenvalue weighted by Gasteiger charge is -2.05. The summed E-state index contributed by atoms with van der Waals surface area (Å²) in [5.74, 6) is 0.612. The van der Waals surface area contributed by atoms with Gasteiger partial charge in [0.1, 0.15) is 0 Å². The predicted octanol–water partition coefficient (Wildman–Crippen LogP) is 4.05. The Balaban J connectivity index is 1.41. The summed E-state index contributed by atoms with van der Waals surface area (Å²) in [5.41, 5.74) is 4.39. The normalized spacial score (nSPS) is 10.9. The zero-order valence-corrected chi connectivity index (χ0v) is 17.3. The van der Waals surface area contributed by atoms with E-state index in [0.29, 0.717) is 16.7 Å². The van der Waals surface area contributed by atoms with Crippen LogP contribution in [0.25, 0.3) is 17.1 Å². The Morgan fingerprint density at radius 1 is 1.13 bits per heavy atom. The molecule has 0 aliphatic rings. The number of nitrogens with zero attached hydrogens (tertiary/aromatic N) is 4. The van der Waals surface area contributed by atoms with E-state index in [1.807, 2.05) is 61.0 Å². The van der Waals surface area contributed by atoms with Crippen LogP contribution >= 0.6 is 11.6 Å². The van der Waals surface area contributed by atoms with Crippen molar-refractivity contribution in [1.82, 2.24) is 25.2 Å². The highest BCUT2D eigenvalue weighted by molar-refractivity contribution is 6.30. The number of benzene rings is 2. The van der Waals surface area contributed by atoms with Crippen LogP contribution in [0.3, 0.4) is 0 Å². The minimum absolute atomic E-state index is 0.142. The van der Waals surface area contributed by atoms with Crippen LogP contribution in [-0.4, -0.2) is 25.8 Å². The minimum atomic E-state index is -0.142. The predicted molar refractivity (Wildman–Crippen MR) is 113 cm³/mol. The second-order valence-corrected chi connectivity index (χ2v) is 7.31. The van der Waals surface area contributed by atoms with E-state index < -0.39 is 0 Å². The molecule has 0 atom stereocenters. The fourth-order valence-corrected chi connectivity index (χ4v) is 3.41. The van der Waals surface area contributed by atoms with E-state index in [1.54, 1.807) is 12.1 Å². The molecule has 8 heteroatoms. The van der Waals surface area contributed by atoms with Crippen molar-refractivity contribution < 1.29 is 9.32 Å². The van der Waals surface area contributed by atoms with Gasteiger partial charge in [-0.2, -0.15) is 10.1 Å². The van der Waals surface area contributed by atoms with Gasteiger partial charge in [-0.05, 0) is 38.1 Å². The van der Waals surface area contributed by atoms with E-state index in [-0.39, 0.29) is 18.9 Å². The largest absolute Gasteiger partial charge is 0.347 e. The molecule has 4 rings (SSSR count). The lowest BCUT2D eigenvalue weighted by molar-refractivity contribution is -0.120. The Kier molecular flexibility index (Phi) is 5.63. The van der Waals surface area contributed by atoms with Gasteiger partial charge in [0.05, 0.1) is 24.3 Å². The first-order valence-corrected chi connectivity index (χ1v) is 9.85. The molecule has 1 amide bonds. The van der Waals surface area contributed by atoms with Crippen LogP contribution in [0.1, 0.15) is 22.8 Å². The molecule has 152 valence electrons. The smallest absolute Gasteiger partial charge is 0.246 e. The highest BCUT2D eigenvalue weighted by Crippen LogP contribution is 2.20. The molecule has 0 saturated heterocycles. The van der Waals surface area contributed by atoms with Crippen LogP contribution in [-0.2, 0) is 17.8 Å². The third-order valence-corrected chi connectivity index (χ3v) is 5.00. The standard InChI is InChI=1S/C22H20ClN5O2/c1-14-19(15(2)28(26-14)18-9-4-3-5-10-18)12-20(29)24-13-21-25-22(27-30-21)16-7-6-8-17(23)11-16/h3-11H,12-13H2,1-2H3,(H,24,29). The molecular weight excluding hydrogens is 402 g/mol.